The van der Waals surface area contributed by atoms with Gasteiger partial charge in [0.2, 0.25) is 11.8 Å². The van der Waals surface area contributed by atoms with E-state index in [1.807, 2.05) is 49.4 Å². The normalized spacial score (nSPS) is 11.7. The standard InChI is InChI=1S/C24H31BrN2O2S/c1-3-4-14-26-24(29)19(2)27(17-21-11-8-12-22(25)16-21)23(28)13-15-30-18-20-9-6-5-7-10-20/h5-12,16,19H,3-4,13-15,17-18H2,1-2H3,(H,26,29)/t19-/m0/s1. The van der Waals surface area contributed by atoms with Crippen LogP contribution < -0.4 is 5.32 Å². The van der Waals surface area contributed by atoms with E-state index in [0.29, 0.717) is 19.5 Å². The zero-order valence-electron chi connectivity index (χ0n) is 17.8. The van der Waals surface area contributed by atoms with Crippen molar-refractivity contribution in [2.24, 2.45) is 0 Å². The number of halogens is 1. The predicted molar refractivity (Wildman–Crippen MR) is 129 cm³/mol. The zero-order chi connectivity index (χ0) is 21.8. The first-order chi connectivity index (χ1) is 14.5. The van der Waals surface area contributed by atoms with E-state index in [1.165, 1.54) is 5.56 Å². The summed E-state index contributed by atoms with van der Waals surface area (Å²) in [5.41, 5.74) is 2.26. The molecule has 0 radical (unpaired) electrons. The minimum atomic E-state index is -0.507. The second-order valence-electron chi connectivity index (χ2n) is 7.26. The Labute approximate surface area is 192 Å². The lowest BCUT2D eigenvalue weighted by Gasteiger charge is -2.29. The summed E-state index contributed by atoms with van der Waals surface area (Å²) in [6.07, 6.45) is 2.38. The molecule has 0 unspecified atom stereocenters. The van der Waals surface area contributed by atoms with Crippen molar-refractivity contribution in [3.63, 3.8) is 0 Å². The second kappa shape index (κ2) is 13.5. The van der Waals surface area contributed by atoms with Gasteiger partial charge >= 0.3 is 0 Å². The van der Waals surface area contributed by atoms with Crippen molar-refractivity contribution in [2.45, 2.75) is 51.4 Å². The Morgan fingerprint density at radius 1 is 1.10 bits per heavy atom. The predicted octanol–water partition coefficient (Wildman–Crippen LogP) is 5.41. The van der Waals surface area contributed by atoms with Gasteiger partial charge in [-0.2, -0.15) is 11.8 Å². The molecule has 0 saturated carbocycles. The van der Waals surface area contributed by atoms with Gasteiger partial charge in [-0.25, -0.2) is 0 Å². The molecule has 1 N–H and O–H groups in total. The first-order valence-electron chi connectivity index (χ1n) is 10.4. The molecule has 6 heteroatoms. The van der Waals surface area contributed by atoms with Gasteiger partial charge in [-0.05, 0) is 36.6 Å². The van der Waals surface area contributed by atoms with E-state index >= 15 is 0 Å². The van der Waals surface area contributed by atoms with E-state index in [4.69, 9.17) is 0 Å². The van der Waals surface area contributed by atoms with Gasteiger partial charge in [-0.3, -0.25) is 9.59 Å². The fourth-order valence-corrected chi connectivity index (χ4v) is 4.36. The summed E-state index contributed by atoms with van der Waals surface area (Å²) >= 11 is 5.23. The highest BCUT2D eigenvalue weighted by molar-refractivity contribution is 9.10. The number of hydrogen-bond donors (Lipinski definition) is 1. The van der Waals surface area contributed by atoms with Crippen molar-refractivity contribution in [3.8, 4) is 0 Å². The van der Waals surface area contributed by atoms with E-state index < -0.39 is 6.04 Å². The number of carbonyl (C=O) groups excluding carboxylic acids is 2. The van der Waals surface area contributed by atoms with Crippen LogP contribution in [0.3, 0.4) is 0 Å². The molecule has 2 rings (SSSR count). The Kier molecular flexibility index (Phi) is 11.0. The molecule has 0 bridgehead atoms. The van der Waals surface area contributed by atoms with Crippen molar-refractivity contribution in [2.75, 3.05) is 12.3 Å². The van der Waals surface area contributed by atoms with Crippen LogP contribution in [-0.2, 0) is 21.9 Å². The van der Waals surface area contributed by atoms with Gasteiger partial charge in [0.15, 0.2) is 0 Å². The van der Waals surface area contributed by atoms with E-state index in [-0.39, 0.29) is 11.8 Å². The molecular formula is C24H31BrN2O2S. The lowest BCUT2D eigenvalue weighted by Crippen LogP contribution is -2.47. The largest absolute Gasteiger partial charge is 0.354 e. The van der Waals surface area contributed by atoms with Crippen LogP contribution in [-0.4, -0.2) is 35.1 Å². The van der Waals surface area contributed by atoms with E-state index in [1.54, 1.807) is 16.7 Å². The third-order valence-corrected chi connectivity index (χ3v) is 6.33. The monoisotopic (exact) mass is 490 g/mol. The summed E-state index contributed by atoms with van der Waals surface area (Å²) in [6, 6.07) is 17.6. The van der Waals surface area contributed by atoms with Crippen LogP contribution in [0.15, 0.2) is 59.1 Å². The minimum absolute atomic E-state index is 0.00804. The van der Waals surface area contributed by atoms with Crippen LogP contribution in [0.25, 0.3) is 0 Å². The number of nitrogens with zero attached hydrogens (tertiary/aromatic N) is 1. The van der Waals surface area contributed by atoms with E-state index in [9.17, 15) is 9.59 Å². The highest BCUT2D eigenvalue weighted by Crippen LogP contribution is 2.18. The maximum Gasteiger partial charge on any atom is 0.242 e. The van der Waals surface area contributed by atoms with Gasteiger partial charge < -0.3 is 10.2 Å². The first-order valence-corrected chi connectivity index (χ1v) is 12.4. The third-order valence-electron chi connectivity index (χ3n) is 4.81. The number of amides is 2. The van der Waals surface area contributed by atoms with Crippen LogP contribution in [0.1, 0.15) is 44.2 Å². The van der Waals surface area contributed by atoms with Gasteiger partial charge in [0, 0.05) is 35.5 Å². The maximum atomic E-state index is 13.0. The summed E-state index contributed by atoms with van der Waals surface area (Å²) < 4.78 is 0.964. The highest BCUT2D eigenvalue weighted by atomic mass is 79.9. The third kappa shape index (κ3) is 8.52. The highest BCUT2D eigenvalue weighted by Gasteiger charge is 2.25. The molecule has 30 heavy (non-hydrogen) atoms. The summed E-state index contributed by atoms with van der Waals surface area (Å²) in [5, 5.41) is 2.96. The van der Waals surface area contributed by atoms with E-state index in [2.05, 4.69) is 40.3 Å². The molecule has 2 amide bonds. The van der Waals surface area contributed by atoms with Crippen LogP contribution in [0.2, 0.25) is 0 Å². The molecule has 0 aliphatic rings. The minimum Gasteiger partial charge on any atom is -0.354 e. The number of carbonyl (C=O) groups is 2. The molecule has 4 nitrogen and oxygen atoms in total. The fraction of sp³-hybridized carbons (Fsp3) is 0.417. The van der Waals surface area contributed by atoms with Gasteiger partial charge in [-0.1, -0.05) is 71.7 Å². The number of thioether (sulfide) groups is 1. The van der Waals surface area contributed by atoms with E-state index in [0.717, 1.165) is 34.4 Å². The lowest BCUT2D eigenvalue weighted by atomic mass is 10.1. The average molecular weight is 491 g/mol. The number of benzene rings is 2. The molecular weight excluding hydrogens is 460 g/mol. The van der Waals surface area contributed by atoms with Gasteiger partial charge in [0.1, 0.15) is 6.04 Å². The molecule has 0 aromatic heterocycles. The Balaban J connectivity index is 1.97. The van der Waals surface area contributed by atoms with Crippen LogP contribution >= 0.6 is 27.7 Å². The Morgan fingerprint density at radius 3 is 2.53 bits per heavy atom. The summed E-state index contributed by atoms with van der Waals surface area (Å²) in [7, 11) is 0. The molecule has 0 saturated heterocycles. The smallest absolute Gasteiger partial charge is 0.242 e. The SMILES string of the molecule is CCCCNC(=O)[C@H](C)N(Cc1cccc(Br)c1)C(=O)CCSCc1ccccc1. The first kappa shape index (κ1) is 24.5. The quantitative estimate of drug-likeness (QED) is 0.404. The van der Waals surface area contributed by atoms with Crippen molar-refractivity contribution in [3.05, 3.63) is 70.2 Å². The maximum absolute atomic E-state index is 13.0. The van der Waals surface area contributed by atoms with Gasteiger partial charge in [0.25, 0.3) is 0 Å². The fourth-order valence-electron chi connectivity index (χ4n) is 3.02. The molecule has 2 aromatic carbocycles. The van der Waals surface area contributed by atoms with Crippen LogP contribution in [0.5, 0.6) is 0 Å². The van der Waals surface area contributed by atoms with Gasteiger partial charge in [-0.15, -0.1) is 0 Å². The molecule has 0 fully saturated rings. The molecule has 162 valence electrons. The molecule has 1 atom stereocenters. The molecule has 0 aliphatic heterocycles. The van der Waals surface area contributed by atoms with Gasteiger partial charge in [0.05, 0.1) is 0 Å². The molecule has 0 aliphatic carbocycles. The van der Waals surface area contributed by atoms with Crippen molar-refractivity contribution >= 4 is 39.5 Å². The molecule has 2 aromatic rings. The number of unbranched alkanes of at least 4 members (excludes halogenated alkanes) is 1. The topological polar surface area (TPSA) is 49.4 Å². The van der Waals surface area contributed by atoms with Crippen LogP contribution in [0, 0.1) is 0 Å². The van der Waals surface area contributed by atoms with Crippen molar-refractivity contribution < 1.29 is 9.59 Å². The zero-order valence-corrected chi connectivity index (χ0v) is 20.2. The molecule has 0 heterocycles. The van der Waals surface area contributed by atoms with Crippen LogP contribution in [0.4, 0.5) is 0 Å². The second-order valence-corrected chi connectivity index (χ2v) is 9.28. The summed E-state index contributed by atoms with van der Waals surface area (Å²) in [4.78, 5) is 27.4. The Bertz CT molecular complexity index is 801. The Morgan fingerprint density at radius 2 is 1.83 bits per heavy atom. The number of hydrogen-bond acceptors (Lipinski definition) is 3. The lowest BCUT2D eigenvalue weighted by molar-refractivity contribution is -0.140. The summed E-state index contributed by atoms with van der Waals surface area (Å²) in [6.45, 7) is 4.97. The Hall–Kier alpha value is -1.79. The molecule has 0 spiro atoms. The average Bonchev–Trinajstić information content (AvgIpc) is 2.75. The summed E-state index contributed by atoms with van der Waals surface area (Å²) in [5.74, 6) is 1.53. The number of rotatable bonds is 12. The van der Waals surface area contributed by atoms with Crippen molar-refractivity contribution in [1.82, 2.24) is 10.2 Å². The number of nitrogens with one attached hydrogen (secondary N) is 1. The van der Waals surface area contributed by atoms with Crippen molar-refractivity contribution in [1.29, 1.82) is 0 Å².